The van der Waals surface area contributed by atoms with Gasteiger partial charge in [-0.1, -0.05) is 42.5 Å². The second-order valence-corrected chi connectivity index (χ2v) is 7.86. The Labute approximate surface area is 158 Å². The second kappa shape index (κ2) is 7.88. The smallest absolute Gasteiger partial charge is 0.162 e. The molecule has 26 heavy (non-hydrogen) atoms. The Kier molecular flexibility index (Phi) is 5.16. The minimum Gasteiger partial charge on any atom is -0.381 e. The topological polar surface area (TPSA) is 29.1 Å². The van der Waals surface area contributed by atoms with E-state index in [4.69, 9.17) is 0 Å². The summed E-state index contributed by atoms with van der Waals surface area (Å²) < 4.78 is 0. The van der Waals surface area contributed by atoms with Crippen LogP contribution in [0.15, 0.2) is 65.6 Å². The number of hydrogen-bond acceptors (Lipinski definition) is 2. The minimum absolute atomic E-state index is 0.254. The molecule has 2 aliphatic rings. The number of ketones is 1. The van der Waals surface area contributed by atoms with E-state index < -0.39 is 0 Å². The van der Waals surface area contributed by atoms with Crippen molar-refractivity contribution >= 4 is 33.8 Å². The maximum Gasteiger partial charge on any atom is 0.162 e. The molecule has 0 atom stereocenters. The maximum absolute atomic E-state index is 12.5. The number of anilines is 1. The first-order chi connectivity index (χ1) is 12.8. The van der Waals surface area contributed by atoms with Crippen LogP contribution in [-0.2, 0) is 6.54 Å². The largest absolute Gasteiger partial charge is 0.381 e. The molecule has 0 aliphatic carbocycles. The van der Waals surface area contributed by atoms with E-state index in [0.29, 0.717) is 6.42 Å². The Hall–Kier alpha value is -2.39. The summed E-state index contributed by atoms with van der Waals surface area (Å²) in [6, 6.07) is 16.7. The van der Waals surface area contributed by atoms with Crippen molar-refractivity contribution in [3.05, 3.63) is 82.3 Å². The third kappa shape index (κ3) is 3.88. The van der Waals surface area contributed by atoms with Gasteiger partial charge in [0.15, 0.2) is 5.78 Å². The number of hydrogen-bond donors (Lipinski definition) is 2. The van der Waals surface area contributed by atoms with Gasteiger partial charge in [-0.15, -0.1) is 0 Å². The number of thiol groups is 1. The number of carbonyl (C=O) groups excluding carboxylic acids is 1. The summed E-state index contributed by atoms with van der Waals surface area (Å²) in [5, 5.41) is 5.70. The van der Waals surface area contributed by atoms with E-state index in [1.54, 1.807) is 0 Å². The zero-order valence-electron chi connectivity index (χ0n) is 14.7. The first-order valence-corrected chi connectivity index (χ1v) is 10.2. The quantitative estimate of drug-likeness (QED) is 0.472. The van der Waals surface area contributed by atoms with E-state index >= 15 is 0 Å². The Bertz CT molecular complexity index is 923. The van der Waals surface area contributed by atoms with Gasteiger partial charge < -0.3 is 5.32 Å². The molecule has 0 fully saturated rings. The van der Waals surface area contributed by atoms with Crippen molar-refractivity contribution in [2.45, 2.75) is 32.2 Å². The van der Waals surface area contributed by atoms with E-state index in [0.717, 1.165) is 42.6 Å². The van der Waals surface area contributed by atoms with Crippen molar-refractivity contribution < 1.29 is 4.79 Å². The van der Waals surface area contributed by atoms with Crippen LogP contribution in [0.2, 0.25) is 0 Å². The molecule has 0 aromatic heterocycles. The average molecular weight is 362 g/mol. The van der Waals surface area contributed by atoms with Crippen LogP contribution in [0.4, 0.5) is 5.69 Å². The molecule has 0 saturated heterocycles. The Morgan fingerprint density at radius 3 is 2.73 bits per heavy atom. The van der Waals surface area contributed by atoms with E-state index in [1.807, 2.05) is 18.2 Å². The molecule has 2 nitrogen and oxygen atoms in total. The van der Waals surface area contributed by atoms with Gasteiger partial charge in [0, 0.05) is 24.2 Å². The van der Waals surface area contributed by atoms with Gasteiger partial charge in [-0.3, -0.25) is 4.79 Å². The van der Waals surface area contributed by atoms with Crippen LogP contribution < -0.4 is 5.32 Å². The lowest BCUT2D eigenvalue weighted by molar-refractivity contribution is 0.0979. The lowest BCUT2D eigenvalue weighted by atomic mass is 10.0. The summed E-state index contributed by atoms with van der Waals surface area (Å²) in [4.78, 5) is 13.9. The summed E-state index contributed by atoms with van der Waals surface area (Å²) in [5.74, 6) is 0.254. The van der Waals surface area contributed by atoms with Gasteiger partial charge in [-0.25, -0.2) is 0 Å². The van der Waals surface area contributed by atoms with E-state index in [2.05, 4.69) is 53.2 Å². The fourth-order valence-electron chi connectivity index (χ4n) is 3.48. The van der Waals surface area contributed by atoms with Crippen LogP contribution in [0.3, 0.4) is 0 Å². The van der Waals surface area contributed by atoms with Crippen molar-refractivity contribution in [3.8, 4) is 0 Å². The summed E-state index contributed by atoms with van der Waals surface area (Å²) in [7, 11) is 0. The molecule has 3 heteroatoms. The fourth-order valence-corrected chi connectivity index (χ4v) is 4.46. The number of benzene rings is 2. The first kappa shape index (κ1) is 17.0. The van der Waals surface area contributed by atoms with Crippen LogP contribution in [-0.4, -0.2) is 11.2 Å². The monoisotopic (exact) mass is 361 g/mol. The molecule has 4 rings (SSSR count). The number of rotatable bonds is 0. The van der Waals surface area contributed by atoms with Crippen molar-refractivity contribution in [1.29, 1.82) is 0 Å². The van der Waals surface area contributed by atoms with Crippen LogP contribution in [0.5, 0.6) is 0 Å². The van der Waals surface area contributed by atoms with E-state index in [-0.39, 0.29) is 5.78 Å². The lowest BCUT2D eigenvalue weighted by Crippen LogP contribution is -2.03. The minimum atomic E-state index is 0.254. The number of nitrogens with one attached hydrogen (secondary N) is 1. The van der Waals surface area contributed by atoms with Gasteiger partial charge in [-0.05, 0) is 64.4 Å². The van der Waals surface area contributed by atoms with Crippen molar-refractivity contribution in [2.24, 2.45) is 0 Å². The average Bonchev–Trinajstić information content (AvgIpc) is 2.70. The zero-order valence-corrected chi connectivity index (χ0v) is 15.6. The highest BCUT2D eigenvalue weighted by atomic mass is 32.1. The molecule has 132 valence electrons. The molecule has 0 saturated carbocycles. The van der Waals surface area contributed by atoms with Crippen LogP contribution in [0.1, 0.15) is 47.2 Å². The molecule has 4 bridgehead atoms. The van der Waals surface area contributed by atoms with E-state index in [1.165, 1.54) is 27.4 Å². The number of carbonyl (C=O) groups is 1. The summed E-state index contributed by atoms with van der Waals surface area (Å²) in [6.07, 6.45) is 8.03. The van der Waals surface area contributed by atoms with Crippen molar-refractivity contribution in [2.75, 3.05) is 5.32 Å². The van der Waals surface area contributed by atoms with Gasteiger partial charge in [-0.2, -0.15) is 11.4 Å². The van der Waals surface area contributed by atoms with Gasteiger partial charge in [0.25, 0.3) is 0 Å². The predicted molar refractivity (Wildman–Crippen MR) is 114 cm³/mol. The molecule has 2 aliphatic heterocycles. The Balaban J connectivity index is 1.70. The number of fused-ring (bicyclic) bond motifs is 5. The van der Waals surface area contributed by atoms with Crippen LogP contribution in [0.25, 0.3) is 5.57 Å². The highest BCUT2D eigenvalue weighted by Gasteiger charge is 2.11. The van der Waals surface area contributed by atoms with Crippen molar-refractivity contribution in [1.82, 2.24) is 0 Å². The lowest BCUT2D eigenvalue weighted by Gasteiger charge is -2.14. The Morgan fingerprint density at radius 2 is 1.77 bits per heavy atom. The molecular weight excluding hydrogens is 338 g/mol. The van der Waals surface area contributed by atoms with Crippen LogP contribution in [0, 0.1) is 0 Å². The molecule has 2 aromatic carbocycles. The fraction of sp³-hybridized carbons (Fsp3) is 0.217. The molecule has 2 heterocycles. The highest BCUT2D eigenvalue weighted by Crippen LogP contribution is 2.32. The number of allylic oxidation sites excluding steroid dienone is 4. The molecule has 0 spiro atoms. The molecule has 0 radical (unpaired) electrons. The van der Waals surface area contributed by atoms with Gasteiger partial charge in [0.05, 0.1) is 0 Å². The molecule has 0 amide bonds. The van der Waals surface area contributed by atoms with Gasteiger partial charge >= 0.3 is 0 Å². The zero-order chi connectivity index (χ0) is 17.8. The third-order valence-corrected chi connectivity index (χ3v) is 5.97. The third-order valence-electron chi connectivity index (χ3n) is 4.88. The number of Topliss-reactive ketones (excluding diaryl/α,β-unsaturated/α-hetero) is 1. The predicted octanol–water partition coefficient (Wildman–Crippen LogP) is 5.60. The standard InChI is InChI=1S/C23H23NOS/c25-22-11-1-2-12-23-21(10-5-13-26-23)18-7-4-9-20(15-18)24-16-17-6-3-8-19(22)14-17/h3-10,13-15,24,26H,1-2,11-12,16H2. The Morgan fingerprint density at radius 1 is 0.923 bits per heavy atom. The van der Waals surface area contributed by atoms with Crippen molar-refractivity contribution in [3.63, 3.8) is 0 Å². The second-order valence-electron chi connectivity index (χ2n) is 6.76. The molecule has 0 unspecified atom stereocenters. The van der Waals surface area contributed by atoms with Crippen LogP contribution >= 0.6 is 11.4 Å². The SMILES string of the molecule is O=C1CCCCC2=C(C=CC=[SH]2)c2cccc(c2)NCc2cccc1c2. The summed E-state index contributed by atoms with van der Waals surface area (Å²) >= 11 is 1.28. The maximum atomic E-state index is 12.5. The van der Waals surface area contributed by atoms with Gasteiger partial charge in [0.2, 0.25) is 0 Å². The molecule has 2 aromatic rings. The molecular formula is C23H23NOS. The van der Waals surface area contributed by atoms with E-state index in [9.17, 15) is 4.79 Å². The van der Waals surface area contributed by atoms with Gasteiger partial charge in [0.1, 0.15) is 0 Å². The first-order valence-electron chi connectivity index (χ1n) is 9.20. The molecule has 1 N–H and O–H groups in total. The normalized spacial score (nSPS) is 17.5. The summed E-state index contributed by atoms with van der Waals surface area (Å²) in [6.45, 7) is 0.721. The highest BCUT2D eigenvalue weighted by molar-refractivity contribution is 8.01. The summed E-state index contributed by atoms with van der Waals surface area (Å²) in [5.41, 5.74) is 5.68.